The number of hydrogen-bond acceptors (Lipinski definition) is 4. The van der Waals surface area contributed by atoms with Crippen molar-refractivity contribution in [1.82, 2.24) is 5.32 Å². The third-order valence-electron chi connectivity index (χ3n) is 2.96. The number of para-hydroxylation sites is 2. The zero-order chi connectivity index (χ0) is 15.1. The zero-order valence-corrected chi connectivity index (χ0v) is 11.5. The molecule has 2 rings (SSSR count). The molecule has 0 atom stereocenters. The van der Waals surface area contributed by atoms with Gasteiger partial charge >= 0.3 is 5.97 Å². The fraction of sp³-hybridized carbons (Fsp3) is 0.188. The van der Waals surface area contributed by atoms with Crippen LogP contribution in [0.15, 0.2) is 48.5 Å². The Morgan fingerprint density at radius 2 is 1.81 bits per heavy atom. The fourth-order valence-electron chi connectivity index (χ4n) is 1.89. The van der Waals surface area contributed by atoms with Crippen molar-refractivity contribution < 1.29 is 19.7 Å². The first-order valence-electron chi connectivity index (χ1n) is 6.61. The van der Waals surface area contributed by atoms with Gasteiger partial charge in [0, 0.05) is 18.7 Å². The topological polar surface area (TPSA) is 78.8 Å². The standard InChI is InChI=1S/C16H17NO4/c18-14-7-3-1-5-12(14)11-17-9-10-21-15-8-4-2-6-13(15)16(19)20/h1-8,17-18H,9-11H2,(H,19,20). The second kappa shape index (κ2) is 7.31. The zero-order valence-electron chi connectivity index (χ0n) is 11.5. The van der Waals surface area contributed by atoms with Gasteiger partial charge in [-0.15, -0.1) is 0 Å². The van der Waals surface area contributed by atoms with Gasteiger partial charge in [-0.05, 0) is 18.2 Å². The van der Waals surface area contributed by atoms with E-state index < -0.39 is 5.97 Å². The Kier molecular flexibility index (Phi) is 5.17. The van der Waals surface area contributed by atoms with Gasteiger partial charge in [0.05, 0.1) is 0 Å². The van der Waals surface area contributed by atoms with Crippen LogP contribution in [0.25, 0.3) is 0 Å². The predicted molar refractivity (Wildman–Crippen MR) is 78.7 cm³/mol. The highest BCUT2D eigenvalue weighted by Gasteiger charge is 2.09. The van der Waals surface area contributed by atoms with Crippen LogP contribution in [0.5, 0.6) is 11.5 Å². The van der Waals surface area contributed by atoms with E-state index in [0.29, 0.717) is 25.4 Å². The molecule has 3 N–H and O–H groups in total. The molecule has 0 heterocycles. The monoisotopic (exact) mass is 287 g/mol. The van der Waals surface area contributed by atoms with Gasteiger partial charge in [0.25, 0.3) is 0 Å². The number of aromatic hydroxyl groups is 1. The SMILES string of the molecule is O=C(O)c1ccccc1OCCNCc1ccccc1O. The average molecular weight is 287 g/mol. The van der Waals surface area contributed by atoms with Gasteiger partial charge in [0.1, 0.15) is 23.7 Å². The maximum atomic E-state index is 11.0. The molecule has 5 nitrogen and oxygen atoms in total. The minimum absolute atomic E-state index is 0.151. The first-order valence-corrected chi connectivity index (χ1v) is 6.61. The van der Waals surface area contributed by atoms with E-state index in [4.69, 9.17) is 9.84 Å². The number of rotatable bonds is 7. The molecular weight excluding hydrogens is 270 g/mol. The summed E-state index contributed by atoms with van der Waals surface area (Å²) in [5, 5.41) is 21.8. The largest absolute Gasteiger partial charge is 0.508 e. The molecule has 0 amide bonds. The number of nitrogens with one attached hydrogen (secondary N) is 1. The van der Waals surface area contributed by atoms with E-state index in [0.717, 1.165) is 5.56 Å². The van der Waals surface area contributed by atoms with Crippen molar-refractivity contribution in [3.8, 4) is 11.5 Å². The van der Waals surface area contributed by atoms with E-state index in [1.807, 2.05) is 12.1 Å². The molecule has 0 bridgehead atoms. The van der Waals surface area contributed by atoms with Crippen molar-refractivity contribution in [2.24, 2.45) is 0 Å². The summed E-state index contributed by atoms with van der Waals surface area (Å²) in [6.07, 6.45) is 0. The number of carboxylic acids is 1. The number of benzene rings is 2. The Hall–Kier alpha value is -2.53. The number of phenols is 1. The summed E-state index contributed by atoms with van der Waals surface area (Å²) < 4.78 is 5.46. The highest BCUT2D eigenvalue weighted by atomic mass is 16.5. The maximum absolute atomic E-state index is 11.0. The molecule has 0 aromatic heterocycles. The third-order valence-corrected chi connectivity index (χ3v) is 2.96. The normalized spacial score (nSPS) is 10.3. The van der Waals surface area contributed by atoms with Crippen molar-refractivity contribution >= 4 is 5.97 Å². The van der Waals surface area contributed by atoms with E-state index in [9.17, 15) is 9.90 Å². The van der Waals surface area contributed by atoms with Crippen molar-refractivity contribution in [3.05, 3.63) is 59.7 Å². The lowest BCUT2D eigenvalue weighted by atomic mass is 10.2. The number of phenolic OH excluding ortho intramolecular Hbond substituents is 1. The van der Waals surface area contributed by atoms with Crippen LogP contribution >= 0.6 is 0 Å². The summed E-state index contributed by atoms with van der Waals surface area (Å²) in [5.41, 5.74) is 0.960. The first kappa shape index (κ1) is 14.9. The van der Waals surface area contributed by atoms with Crippen molar-refractivity contribution in [1.29, 1.82) is 0 Å². The van der Waals surface area contributed by atoms with Gasteiger partial charge < -0.3 is 20.3 Å². The van der Waals surface area contributed by atoms with E-state index in [2.05, 4.69) is 5.32 Å². The van der Waals surface area contributed by atoms with Crippen LogP contribution in [0.2, 0.25) is 0 Å². The summed E-state index contributed by atoms with van der Waals surface area (Å²) in [5.74, 6) is -0.399. The number of carbonyl (C=O) groups is 1. The maximum Gasteiger partial charge on any atom is 0.339 e. The van der Waals surface area contributed by atoms with Crippen molar-refractivity contribution in [2.75, 3.05) is 13.2 Å². The lowest BCUT2D eigenvalue weighted by Gasteiger charge is -2.10. The molecule has 0 saturated carbocycles. The molecular formula is C16H17NO4. The highest BCUT2D eigenvalue weighted by Crippen LogP contribution is 2.17. The molecule has 0 spiro atoms. The summed E-state index contributed by atoms with van der Waals surface area (Å²) >= 11 is 0. The lowest BCUT2D eigenvalue weighted by molar-refractivity contribution is 0.0692. The Morgan fingerprint density at radius 1 is 1.10 bits per heavy atom. The number of ether oxygens (including phenoxy) is 1. The second-order valence-electron chi connectivity index (χ2n) is 4.46. The van der Waals surface area contributed by atoms with Gasteiger partial charge in [0.15, 0.2) is 0 Å². The Labute approximate surface area is 122 Å². The lowest BCUT2D eigenvalue weighted by Crippen LogP contribution is -2.21. The molecule has 0 aliphatic heterocycles. The molecule has 0 aliphatic carbocycles. The molecule has 0 fully saturated rings. The second-order valence-corrected chi connectivity index (χ2v) is 4.46. The average Bonchev–Trinajstić information content (AvgIpc) is 2.49. The van der Waals surface area contributed by atoms with Gasteiger partial charge in [-0.3, -0.25) is 0 Å². The Morgan fingerprint density at radius 3 is 2.57 bits per heavy atom. The van der Waals surface area contributed by atoms with Crippen LogP contribution in [0.3, 0.4) is 0 Å². The summed E-state index contributed by atoms with van der Waals surface area (Å²) in [4.78, 5) is 11.0. The molecule has 2 aromatic rings. The molecule has 2 aromatic carbocycles. The molecule has 0 radical (unpaired) electrons. The van der Waals surface area contributed by atoms with E-state index in [1.54, 1.807) is 30.3 Å². The Balaban J connectivity index is 1.78. The minimum Gasteiger partial charge on any atom is -0.508 e. The van der Waals surface area contributed by atoms with Gasteiger partial charge in [0.2, 0.25) is 0 Å². The Bertz CT molecular complexity index is 613. The smallest absolute Gasteiger partial charge is 0.339 e. The number of aromatic carboxylic acids is 1. The number of carboxylic acid groups (broad SMARTS) is 1. The van der Waals surface area contributed by atoms with E-state index >= 15 is 0 Å². The first-order chi connectivity index (χ1) is 10.2. The van der Waals surface area contributed by atoms with Crippen LogP contribution in [-0.2, 0) is 6.54 Å². The van der Waals surface area contributed by atoms with Crippen molar-refractivity contribution in [3.63, 3.8) is 0 Å². The number of hydrogen-bond donors (Lipinski definition) is 3. The van der Waals surface area contributed by atoms with Gasteiger partial charge in [-0.1, -0.05) is 30.3 Å². The molecule has 0 saturated heterocycles. The van der Waals surface area contributed by atoms with Crippen LogP contribution in [-0.4, -0.2) is 29.3 Å². The molecule has 21 heavy (non-hydrogen) atoms. The van der Waals surface area contributed by atoms with Crippen LogP contribution < -0.4 is 10.1 Å². The predicted octanol–water partition coefficient (Wildman–Crippen LogP) is 2.26. The van der Waals surface area contributed by atoms with Gasteiger partial charge in [-0.25, -0.2) is 4.79 Å². The van der Waals surface area contributed by atoms with Crippen molar-refractivity contribution in [2.45, 2.75) is 6.54 Å². The van der Waals surface area contributed by atoms with Gasteiger partial charge in [-0.2, -0.15) is 0 Å². The fourth-order valence-corrected chi connectivity index (χ4v) is 1.89. The molecule has 5 heteroatoms. The minimum atomic E-state index is -1.01. The highest BCUT2D eigenvalue weighted by molar-refractivity contribution is 5.90. The molecule has 0 aliphatic rings. The molecule has 0 unspecified atom stereocenters. The van der Waals surface area contributed by atoms with E-state index in [-0.39, 0.29) is 11.3 Å². The quantitative estimate of drug-likeness (QED) is 0.681. The summed E-state index contributed by atoms with van der Waals surface area (Å²) in [6.45, 7) is 1.41. The third kappa shape index (κ3) is 4.22. The van der Waals surface area contributed by atoms with Crippen LogP contribution in [0, 0.1) is 0 Å². The molecule has 110 valence electrons. The van der Waals surface area contributed by atoms with E-state index in [1.165, 1.54) is 6.07 Å². The van der Waals surface area contributed by atoms with Crippen LogP contribution in [0.4, 0.5) is 0 Å². The summed E-state index contributed by atoms with van der Waals surface area (Å²) in [7, 11) is 0. The van der Waals surface area contributed by atoms with Crippen LogP contribution in [0.1, 0.15) is 15.9 Å². The summed E-state index contributed by atoms with van der Waals surface area (Å²) in [6, 6.07) is 13.6.